The van der Waals surface area contributed by atoms with Gasteiger partial charge in [-0.1, -0.05) is 66.7 Å². The number of carbonyl (C=O) groups excluding carboxylic acids is 3. The Hall–Kier alpha value is -7.99. The number of hydrogen-bond acceptors (Lipinski definition) is 9. The van der Waals surface area contributed by atoms with Gasteiger partial charge in [0, 0.05) is 33.6 Å². The van der Waals surface area contributed by atoms with E-state index in [0.717, 1.165) is 33.2 Å². The molecule has 6 N–H and O–H groups in total. The summed E-state index contributed by atoms with van der Waals surface area (Å²) in [6.07, 6.45) is 0. The Kier molecular flexibility index (Phi) is 10.1. The van der Waals surface area contributed by atoms with Crippen LogP contribution in [0.1, 0.15) is 47.8 Å². The number of anilines is 4. The molecule has 8 aromatic carbocycles. The van der Waals surface area contributed by atoms with Crippen LogP contribution in [0.15, 0.2) is 158 Å². The van der Waals surface area contributed by atoms with Crippen LogP contribution in [-0.2, 0) is 22.9 Å². The molecule has 0 unspecified atom stereocenters. The van der Waals surface area contributed by atoms with Crippen molar-refractivity contribution in [3.63, 3.8) is 0 Å². The topological polar surface area (TPSA) is 158 Å². The molecule has 294 valence electrons. The van der Waals surface area contributed by atoms with E-state index in [9.17, 15) is 24.6 Å². The third-order valence-electron chi connectivity index (χ3n) is 10.3. The second-order valence-corrected chi connectivity index (χ2v) is 14.4. The molecule has 0 heterocycles. The highest BCUT2D eigenvalue weighted by molar-refractivity contribution is 6.23. The van der Waals surface area contributed by atoms with E-state index in [1.54, 1.807) is 72.8 Å². The second-order valence-electron chi connectivity index (χ2n) is 14.4. The Morgan fingerprint density at radius 1 is 0.467 bits per heavy atom. The number of phenols is 2. The minimum absolute atomic E-state index is 0.0758. The van der Waals surface area contributed by atoms with E-state index >= 15 is 0 Å². The van der Waals surface area contributed by atoms with Crippen molar-refractivity contribution in [1.82, 2.24) is 0 Å². The van der Waals surface area contributed by atoms with Gasteiger partial charge in [0.1, 0.15) is 18.1 Å². The number of benzene rings is 8. The molecule has 0 atom stereocenters. The Balaban J connectivity index is 0.833. The van der Waals surface area contributed by atoms with Gasteiger partial charge in [-0.25, -0.2) is 0 Å². The Labute approximate surface area is 343 Å². The molecule has 11 nitrogen and oxygen atoms in total. The molecule has 0 fully saturated rings. The Bertz CT molecular complexity index is 2970. The average Bonchev–Trinajstić information content (AvgIpc) is 3.53. The first kappa shape index (κ1) is 37.6. The maximum Gasteiger partial charge on any atom is 0.259 e. The summed E-state index contributed by atoms with van der Waals surface area (Å²) in [5, 5.41) is 29.9. The molecule has 0 aromatic heterocycles. The van der Waals surface area contributed by atoms with Crippen molar-refractivity contribution < 1.29 is 34.3 Å². The molecule has 1 aliphatic rings. The zero-order valence-corrected chi connectivity index (χ0v) is 31.9. The molecule has 9 rings (SSSR count). The van der Waals surface area contributed by atoms with E-state index in [1.165, 1.54) is 6.07 Å². The van der Waals surface area contributed by atoms with E-state index in [0.29, 0.717) is 50.1 Å². The first-order valence-electron chi connectivity index (χ1n) is 19.1. The number of aromatic hydroxyl groups is 2. The molecular weight excluding hydrogens is 757 g/mol. The van der Waals surface area contributed by atoms with Crippen LogP contribution in [0, 0.1) is 0 Å². The third kappa shape index (κ3) is 7.81. The zero-order valence-electron chi connectivity index (χ0n) is 31.9. The van der Waals surface area contributed by atoms with Gasteiger partial charge in [-0.3, -0.25) is 35.0 Å². The molecule has 0 aliphatic heterocycles. The van der Waals surface area contributed by atoms with Crippen molar-refractivity contribution >= 4 is 61.9 Å². The number of hydrogen-bond donors (Lipinski definition) is 6. The fraction of sp³-hybridized carbons (Fsp3) is 0.0408. The second kappa shape index (κ2) is 16.1. The highest BCUT2D eigenvalue weighted by Gasteiger charge is 2.27. The lowest BCUT2D eigenvalue weighted by Crippen LogP contribution is -2.13. The Morgan fingerprint density at radius 2 is 1.07 bits per heavy atom. The summed E-state index contributed by atoms with van der Waals surface area (Å²) in [7, 11) is 0. The number of rotatable bonds is 12. The van der Waals surface area contributed by atoms with Crippen LogP contribution >= 0.6 is 0 Å². The van der Waals surface area contributed by atoms with Crippen molar-refractivity contribution in [2.24, 2.45) is 0 Å². The van der Waals surface area contributed by atoms with Crippen LogP contribution in [0.4, 0.5) is 22.7 Å². The van der Waals surface area contributed by atoms with E-state index in [4.69, 9.17) is 9.68 Å². The van der Waals surface area contributed by atoms with Gasteiger partial charge in [0.05, 0.1) is 23.5 Å². The summed E-state index contributed by atoms with van der Waals surface area (Å²) in [5.41, 5.74) is 12.7. The average molecular weight is 793 g/mol. The fourth-order valence-electron chi connectivity index (χ4n) is 7.25. The monoisotopic (exact) mass is 792 g/mol. The smallest absolute Gasteiger partial charge is 0.259 e. The fourth-order valence-corrected chi connectivity index (χ4v) is 7.25. The lowest BCUT2D eigenvalue weighted by molar-refractivity contribution is 0.101. The molecule has 0 saturated carbocycles. The maximum absolute atomic E-state index is 13.7. The van der Waals surface area contributed by atoms with Gasteiger partial charge in [-0.15, -0.1) is 0 Å². The van der Waals surface area contributed by atoms with Crippen molar-refractivity contribution in [1.29, 1.82) is 0 Å². The van der Waals surface area contributed by atoms with Crippen molar-refractivity contribution in [3.8, 4) is 22.6 Å². The summed E-state index contributed by atoms with van der Waals surface area (Å²) in [6.45, 7) is 0.395. The third-order valence-corrected chi connectivity index (χ3v) is 10.3. The summed E-state index contributed by atoms with van der Waals surface area (Å²) in [5.74, 6) is -1.09. The SMILES string of the molecule is O=C(Nc1ccc2c(c1)C(=O)c1cc(NOCc3ccc4cc(O)c(CONc5ccccc5)cc4c3)ccc1-2)c1ccc2cc(O)c(C(=O)Nc3ccccc3)cc2c1. The van der Waals surface area contributed by atoms with Crippen LogP contribution in [-0.4, -0.2) is 27.8 Å². The van der Waals surface area contributed by atoms with Crippen molar-refractivity contribution in [2.75, 3.05) is 21.6 Å². The highest BCUT2D eigenvalue weighted by atomic mass is 16.6. The van der Waals surface area contributed by atoms with Crippen molar-refractivity contribution in [2.45, 2.75) is 13.2 Å². The van der Waals surface area contributed by atoms with Crippen LogP contribution in [0.25, 0.3) is 32.7 Å². The van der Waals surface area contributed by atoms with Crippen LogP contribution in [0.5, 0.6) is 11.5 Å². The molecule has 60 heavy (non-hydrogen) atoms. The molecule has 0 bridgehead atoms. The van der Waals surface area contributed by atoms with Gasteiger partial charge in [-0.05, 0) is 129 Å². The number of carbonyl (C=O) groups is 3. The largest absolute Gasteiger partial charge is 0.508 e. The standard InChI is InChI=1S/C49H36N4O7/c54-45-23-30-12-11-29(19-33(30)21-35(45)28-60-52-37-9-5-2-6-10-37)27-59-53-39-16-18-41-40-17-15-38(25-42(40)47(56)43(41)26-39)51-48(57)32-14-13-31-24-46(55)44(22-34(31)20-32)49(58)50-36-7-3-1-4-8-36/h1-26,52-55H,27-28H2,(H,50,58)(H,51,57). The molecular formula is C49H36N4O7. The molecule has 2 amide bonds. The van der Waals surface area contributed by atoms with Gasteiger partial charge in [0.15, 0.2) is 5.78 Å². The van der Waals surface area contributed by atoms with Gasteiger partial charge in [-0.2, -0.15) is 0 Å². The Morgan fingerprint density at radius 3 is 1.82 bits per heavy atom. The number of para-hydroxylation sites is 2. The zero-order chi connectivity index (χ0) is 41.2. The lowest BCUT2D eigenvalue weighted by atomic mass is 10.0. The number of phenolic OH excluding ortho intramolecular Hbond substituents is 2. The number of ketones is 1. The predicted molar refractivity (Wildman–Crippen MR) is 232 cm³/mol. The molecule has 8 aromatic rings. The quantitative estimate of drug-likeness (QED) is 0.0663. The lowest BCUT2D eigenvalue weighted by Gasteiger charge is -2.11. The maximum atomic E-state index is 13.7. The van der Waals surface area contributed by atoms with Crippen LogP contribution < -0.4 is 21.6 Å². The van der Waals surface area contributed by atoms with Gasteiger partial charge < -0.3 is 20.8 Å². The van der Waals surface area contributed by atoms with E-state index in [-0.39, 0.29) is 36.1 Å². The number of fused-ring (bicyclic) bond motifs is 5. The van der Waals surface area contributed by atoms with E-state index < -0.39 is 11.8 Å². The molecule has 0 saturated heterocycles. The first-order chi connectivity index (χ1) is 29.3. The highest BCUT2D eigenvalue weighted by Crippen LogP contribution is 2.39. The molecule has 0 radical (unpaired) electrons. The van der Waals surface area contributed by atoms with E-state index in [2.05, 4.69) is 21.6 Å². The van der Waals surface area contributed by atoms with Gasteiger partial charge in [0.25, 0.3) is 11.8 Å². The summed E-state index contributed by atoms with van der Waals surface area (Å²) in [6, 6.07) is 46.6. The van der Waals surface area contributed by atoms with Crippen molar-refractivity contribution in [3.05, 3.63) is 191 Å². The number of nitrogens with one attached hydrogen (secondary N) is 4. The first-order valence-corrected chi connectivity index (χ1v) is 19.1. The normalized spacial score (nSPS) is 11.6. The molecule has 1 aliphatic carbocycles. The summed E-state index contributed by atoms with van der Waals surface area (Å²) < 4.78 is 0. The summed E-state index contributed by atoms with van der Waals surface area (Å²) >= 11 is 0. The van der Waals surface area contributed by atoms with Crippen LogP contribution in [0.3, 0.4) is 0 Å². The minimum Gasteiger partial charge on any atom is -0.508 e. The summed E-state index contributed by atoms with van der Waals surface area (Å²) in [4.78, 5) is 51.5. The van der Waals surface area contributed by atoms with Gasteiger partial charge >= 0.3 is 0 Å². The molecule has 11 heteroatoms. The minimum atomic E-state index is -0.479. The number of amides is 2. The predicted octanol–water partition coefficient (Wildman–Crippen LogP) is 10.2. The molecule has 0 spiro atoms. The van der Waals surface area contributed by atoms with Gasteiger partial charge in [0.2, 0.25) is 0 Å². The van der Waals surface area contributed by atoms with Crippen LogP contribution in [0.2, 0.25) is 0 Å². The van der Waals surface area contributed by atoms with E-state index in [1.807, 2.05) is 78.9 Å².